The number of thiazole rings is 1. The molecule has 1 N–H and O–H groups in total. The van der Waals surface area contributed by atoms with E-state index in [9.17, 15) is 9.59 Å². The maximum absolute atomic E-state index is 13.3. The molecule has 1 aliphatic rings. The maximum atomic E-state index is 13.3. The third-order valence-corrected chi connectivity index (χ3v) is 6.78. The van der Waals surface area contributed by atoms with Crippen molar-refractivity contribution in [3.8, 4) is 0 Å². The molecule has 1 aliphatic heterocycles. The van der Waals surface area contributed by atoms with Crippen LogP contribution in [0.25, 0.3) is 0 Å². The van der Waals surface area contributed by atoms with Gasteiger partial charge in [0.1, 0.15) is 10.8 Å². The molecule has 0 aromatic carbocycles. The zero-order valence-electron chi connectivity index (χ0n) is 16.6. The zero-order valence-corrected chi connectivity index (χ0v) is 19.0. The predicted molar refractivity (Wildman–Crippen MR) is 120 cm³/mol. The van der Waals surface area contributed by atoms with Gasteiger partial charge in [-0.1, -0.05) is 34.7 Å². The molecule has 0 atom stereocenters. The molecule has 2 aromatic heterocycles. The molecular weight excluding hydrogens is 430 g/mol. The molecule has 29 heavy (non-hydrogen) atoms. The number of nitrogens with one attached hydrogen (secondary N) is 1. The molecule has 3 rings (SSSR count). The van der Waals surface area contributed by atoms with Crippen molar-refractivity contribution in [2.24, 2.45) is 0 Å². The molecule has 3 amide bonds. The first-order chi connectivity index (χ1) is 13.9. The van der Waals surface area contributed by atoms with E-state index in [4.69, 9.17) is 11.6 Å². The fraction of sp³-hybridized carbons (Fsp3) is 0.474. The average Bonchev–Trinajstić information content (AvgIpc) is 3.14. The van der Waals surface area contributed by atoms with Crippen LogP contribution in [0.15, 0.2) is 22.7 Å². The number of rotatable bonds is 5. The Hall–Kier alpha value is -1.84. The Kier molecular flexibility index (Phi) is 7.37. The van der Waals surface area contributed by atoms with Gasteiger partial charge in [-0.15, -0.1) is 0 Å². The number of halogens is 1. The van der Waals surface area contributed by atoms with Gasteiger partial charge < -0.3 is 10.2 Å². The molecular formula is C19H24ClN5O2S2. The Morgan fingerprint density at radius 2 is 2.00 bits per heavy atom. The highest BCUT2D eigenvalue weighted by atomic mass is 35.5. The van der Waals surface area contributed by atoms with E-state index < -0.39 is 5.91 Å². The highest BCUT2D eigenvalue weighted by Gasteiger charge is 2.32. The van der Waals surface area contributed by atoms with Crippen molar-refractivity contribution in [1.82, 2.24) is 14.9 Å². The molecule has 156 valence electrons. The summed E-state index contributed by atoms with van der Waals surface area (Å²) in [6.45, 7) is 5.38. The van der Waals surface area contributed by atoms with Crippen molar-refractivity contribution >= 4 is 57.5 Å². The van der Waals surface area contributed by atoms with Crippen molar-refractivity contribution in [3.05, 3.63) is 29.0 Å². The van der Waals surface area contributed by atoms with Crippen molar-refractivity contribution in [3.63, 3.8) is 0 Å². The molecule has 3 heterocycles. The third-order valence-electron chi connectivity index (χ3n) is 4.52. The monoisotopic (exact) mass is 453 g/mol. The van der Waals surface area contributed by atoms with E-state index in [1.165, 1.54) is 29.3 Å². The number of anilines is 2. The second-order valence-corrected chi connectivity index (χ2v) is 9.41. The van der Waals surface area contributed by atoms with Crippen LogP contribution in [0, 0.1) is 0 Å². The number of pyridine rings is 1. The van der Waals surface area contributed by atoms with Gasteiger partial charge in [0, 0.05) is 25.3 Å². The molecule has 10 heteroatoms. The number of piperidine rings is 1. The predicted octanol–water partition coefficient (Wildman–Crippen LogP) is 4.99. The standard InChI is InChI=1S/C19H24ClN5O2S2/c1-12(2)25(19(27)24-9-5-4-6-10-24)17-15(23-18(28-3)29-17)16(26)22-14-8-7-13(20)11-21-14/h7-8,11-12H,4-6,9-10H2,1-3H3,(H,21,22,26). The van der Waals surface area contributed by atoms with E-state index in [-0.39, 0.29) is 17.8 Å². The quantitative estimate of drug-likeness (QED) is 0.645. The van der Waals surface area contributed by atoms with Crippen LogP contribution in [0.1, 0.15) is 43.6 Å². The van der Waals surface area contributed by atoms with Crippen molar-refractivity contribution in [2.75, 3.05) is 29.6 Å². The van der Waals surface area contributed by atoms with Gasteiger partial charge in [-0.3, -0.25) is 9.69 Å². The number of urea groups is 1. The van der Waals surface area contributed by atoms with Gasteiger partial charge in [0.2, 0.25) is 0 Å². The Bertz CT molecular complexity index is 866. The summed E-state index contributed by atoms with van der Waals surface area (Å²) in [4.78, 5) is 38.4. The average molecular weight is 454 g/mol. The number of amides is 3. The Balaban J connectivity index is 1.91. The molecule has 2 aromatic rings. The van der Waals surface area contributed by atoms with Crippen LogP contribution < -0.4 is 10.2 Å². The molecule has 0 unspecified atom stereocenters. The minimum atomic E-state index is -0.400. The fourth-order valence-electron chi connectivity index (χ4n) is 3.10. The van der Waals surface area contributed by atoms with Gasteiger partial charge in [-0.05, 0) is 51.5 Å². The molecule has 1 saturated heterocycles. The number of aromatic nitrogens is 2. The van der Waals surface area contributed by atoms with E-state index >= 15 is 0 Å². The topological polar surface area (TPSA) is 78.4 Å². The lowest BCUT2D eigenvalue weighted by molar-refractivity contribution is 0.102. The van der Waals surface area contributed by atoms with E-state index in [0.717, 1.165) is 36.7 Å². The van der Waals surface area contributed by atoms with Crippen molar-refractivity contribution < 1.29 is 9.59 Å². The van der Waals surface area contributed by atoms with E-state index in [0.29, 0.717) is 15.8 Å². The molecule has 0 bridgehead atoms. The first kappa shape index (κ1) is 21.9. The smallest absolute Gasteiger partial charge is 0.324 e. The number of nitrogens with zero attached hydrogens (tertiary/aromatic N) is 4. The molecule has 0 spiro atoms. The first-order valence-electron chi connectivity index (χ1n) is 9.46. The van der Waals surface area contributed by atoms with E-state index in [1.54, 1.807) is 17.0 Å². The second kappa shape index (κ2) is 9.77. The molecule has 0 radical (unpaired) electrons. The van der Waals surface area contributed by atoms with Gasteiger partial charge in [0.15, 0.2) is 10.0 Å². The number of thioether (sulfide) groups is 1. The summed E-state index contributed by atoms with van der Waals surface area (Å²) in [5.41, 5.74) is 0.232. The lowest BCUT2D eigenvalue weighted by Gasteiger charge is -2.34. The lowest BCUT2D eigenvalue weighted by Crippen LogP contribution is -2.48. The molecule has 0 aliphatic carbocycles. The maximum Gasteiger partial charge on any atom is 0.325 e. The molecule has 7 nitrogen and oxygen atoms in total. The van der Waals surface area contributed by atoms with E-state index in [1.807, 2.05) is 25.0 Å². The lowest BCUT2D eigenvalue weighted by atomic mass is 10.1. The van der Waals surface area contributed by atoms with Gasteiger partial charge in [0.25, 0.3) is 5.91 Å². The number of hydrogen-bond acceptors (Lipinski definition) is 6. The Labute approximate surface area is 183 Å². The van der Waals surface area contributed by atoms with Crippen LogP contribution in [0.5, 0.6) is 0 Å². The number of carbonyl (C=O) groups excluding carboxylic acids is 2. The van der Waals surface area contributed by atoms with Gasteiger partial charge in [0.05, 0.1) is 5.02 Å². The summed E-state index contributed by atoms with van der Waals surface area (Å²) in [6, 6.07) is 3.09. The van der Waals surface area contributed by atoms with E-state index in [2.05, 4.69) is 15.3 Å². The number of likely N-dealkylation sites (tertiary alicyclic amines) is 1. The minimum Gasteiger partial charge on any atom is -0.324 e. The molecule has 1 fully saturated rings. The van der Waals surface area contributed by atoms with Gasteiger partial charge in [-0.25, -0.2) is 14.8 Å². The summed E-state index contributed by atoms with van der Waals surface area (Å²) in [5.74, 6) is -0.0222. The van der Waals surface area contributed by atoms with Gasteiger partial charge >= 0.3 is 6.03 Å². The highest BCUT2D eigenvalue weighted by Crippen LogP contribution is 2.36. The van der Waals surface area contributed by atoms with Gasteiger partial charge in [-0.2, -0.15) is 0 Å². The highest BCUT2D eigenvalue weighted by molar-refractivity contribution is 8.00. The first-order valence-corrected chi connectivity index (χ1v) is 11.9. The van der Waals surface area contributed by atoms with Crippen LogP contribution in [0.2, 0.25) is 5.02 Å². The molecule has 0 saturated carbocycles. The van der Waals surface area contributed by atoms with Crippen molar-refractivity contribution in [2.45, 2.75) is 43.5 Å². The van der Waals surface area contributed by atoms with Crippen molar-refractivity contribution in [1.29, 1.82) is 0 Å². The number of hydrogen-bond donors (Lipinski definition) is 1. The zero-order chi connectivity index (χ0) is 21.0. The SMILES string of the molecule is CSc1nc(C(=O)Nc2ccc(Cl)cn2)c(N(C(=O)N2CCCCC2)C(C)C)s1. The summed E-state index contributed by atoms with van der Waals surface area (Å²) in [7, 11) is 0. The number of carbonyl (C=O) groups is 2. The summed E-state index contributed by atoms with van der Waals surface area (Å²) in [5, 5.41) is 3.80. The van der Waals surface area contributed by atoms with Crippen LogP contribution in [0.3, 0.4) is 0 Å². The Morgan fingerprint density at radius 3 is 2.59 bits per heavy atom. The largest absolute Gasteiger partial charge is 0.325 e. The van der Waals surface area contributed by atoms with Crippen LogP contribution in [-0.2, 0) is 0 Å². The van der Waals surface area contributed by atoms with Crippen LogP contribution >= 0.6 is 34.7 Å². The fourth-order valence-corrected chi connectivity index (χ4v) is 4.89. The summed E-state index contributed by atoms with van der Waals surface area (Å²) in [6.07, 6.45) is 6.52. The minimum absolute atomic E-state index is 0.0744. The normalized spacial score (nSPS) is 14.2. The van der Waals surface area contributed by atoms with Crippen LogP contribution in [0.4, 0.5) is 15.6 Å². The Morgan fingerprint density at radius 1 is 1.28 bits per heavy atom. The third kappa shape index (κ3) is 5.21. The summed E-state index contributed by atoms with van der Waals surface area (Å²) >= 11 is 8.67. The summed E-state index contributed by atoms with van der Waals surface area (Å²) < 4.78 is 0.728. The second-order valence-electron chi connectivity index (χ2n) is 6.95. The van der Waals surface area contributed by atoms with Crippen LogP contribution in [-0.4, -0.2) is 52.2 Å².